The number of aryl methyl sites for hydroxylation is 1. The molecule has 304 valence electrons. The molecule has 3 rings (SSSR count). The normalized spacial score (nSPS) is 17.7. The molecule has 0 saturated carbocycles. The first-order chi connectivity index (χ1) is 25.5. The van der Waals surface area contributed by atoms with Crippen molar-refractivity contribution in [2.24, 2.45) is 5.92 Å². The van der Waals surface area contributed by atoms with Gasteiger partial charge in [0.1, 0.15) is 23.3 Å². The molecule has 0 spiro atoms. The van der Waals surface area contributed by atoms with Gasteiger partial charge in [-0.1, -0.05) is 23.7 Å². The van der Waals surface area contributed by atoms with E-state index in [9.17, 15) is 29.2 Å². The number of halogens is 1. The van der Waals surface area contributed by atoms with E-state index in [1.54, 1.807) is 95.6 Å². The Hall–Kier alpha value is -4.43. The van der Waals surface area contributed by atoms with Gasteiger partial charge in [0.15, 0.2) is 11.4 Å². The molecule has 14 nitrogen and oxygen atoms in total. The number of likely N-dealkylation sites (tertiary alicyclic amines) is 1. The van der Waals surface area contributed by atoms with Crippen LogP contribution in [0.3, 0.4) is 0 Å². The average Bonchev–Trinajstić information content (AvgIpc) is 3.08. The lowest BCUT2D eigenvalue weighted by Gasteiger charge is -2.49. The number of pyridine rings is 1. The molecule has 0 radical (unpaired) electrons. The van der Waals surface area contributed by atoms with Crippen molar-refractivity contribution in [2.45, 2.75) is 116 Å². The predicted octanol–water partition coefficient (Wildman–Crippen LogP) is 4.28. The van der Waals surface area contributed by atoms with Crippen molar-refractivity contribution in [1.82, 2.24) is 20.4 Å². The molecule has 2 N–H and O–H groups in total. The van der Waals surface area contributed by atoms with Crippen molar-refractivity contribution in [3.63, 3.8) is 0 Å². The van der Waals surface area contributed by atoms with Crippen molar-refractivity contribution in [3.05, 3.63) is 69.6 Å². The number of alkyl carbamates (subject to hydrolysis) is 1. The fourth-order valence-corrected chi connectivity index (χ4v) is 6.75. The van der Waals surface area contributed by atoms with Crippen LogP contribution in [0.1, 0.15) is 84.7 Å². The van der Waals surface area contributed by atoms with Crippen LogP contribution in [0, 0.1) is 18.0 Å². The first-order valence-corrected chi connectivity index (χ1v) is 18.9. The lowest BCUT2D eigenvalue weighted by atomic mass is 9.80. The Morgan fingerprint density at radius 3 is 2.24 bits per heavy atom. The number of esters is 1. The van der Waals surface area contributed by atoms with Crippen LogP contribution in [0.5, 0.6) is 0 Å². The van der Waals surface area contributed by atoms with Crippen molar-refractivity contribution >= 4 is 41.4 Å². The number of methoxy groups -OCH3 is 1. The van der Waals surface area contributed by atoms with E-state index in [4.69, 9.17) is 25.8 Å². The molecule has 2 heterocycles. The van der Waals surface area contributed by atoms with Crippen molar-refractivity contribution in [2.75, 3.05) is 33.9 Å². The molecule has 0 unspecified atom stereocenters. The minimum absolute atomic E-state index is 0.00380. The Bertz CT molecular complexity index is 1670. The van der Waals surface area contributed by atoms with Crippen LogP contribution >= 0.6 is 11.6 Å². The largest absolute Gasteiger partial charge is 0.618 e. The average molecular weight is 788 g/mol. The Morgan fingerprint density at radius 2 is 1.64 bits per heavy atom. The minimum atomic E-state index is -1.15. The van der Waals surface area contributed by atoms with Crippen LogP contribution in [-0.4, -0.2) is 102 Å². The third-order valence-corrected chi connectivity index (χ3v) is 9.53. The summed E-state index contributed by atoms with van der Waals surface area (Å²) >= 11 is 6.22. The maximum absolute atomic E-state index is 14.6. The number of piperidine rings is 1. The quantitative estimate of drug-likeness (QED) is 0.161. The van der Waals surface area contributed by atoms with Crippen LogP contribution in [-0.2, 0) is 46.2 Å². The second-order valence-electron chi connectivity index (χ2n) is 16.3. The van der Waals surface area contributed by atoms with Gasteiger partial charge in [0.2, 0.25) is 17.7 Å². The molecule has 0 aliphatic carbocycles. The summed E-state index contributed by atoms with van der Waals surface area (Å²) in [5.41, 5.74) is -0.890. The minimum Gasteiger partial charge on any atom is -0.618 e. The van der Waals surface area contributed by atoms with Crippen molar-refractivity contribution < 1.29 is 42.9 Å². The number of benzene rings is 1. The van der Waals surface area contributed by atoms with Gasteiger partial charge in [-0.05, 0) is 91.5 Å². The molecule has 55 heavy (non-hydrogen) atoms. The number of amides is 4. The van der Waals surface area contributed by atoms with Gasteiger partial charge in [-0.15, -0.1) is 0 Å². The Balaban J connectivity index is 1.97. The van der Waals surface area contributed by atoms with E-state index in [2.05, 4.69) is 10.6 Å². The first kappa shape index (κ1) is 45.0. The number of likely N-dealkylation sites (N-methyl/N-ethyl adjacent to an activating group) is 1. The molecule has 1 aliphatic rings. The summed E-state index contributed by atoms with van der Waals surface area (Å²) in [4.78, 5) is 71.0. The summed E-state index contributed by atoms with van der Waals surface area (Å²) < 4.78 is 17.0. The van der Waals surface area contributed by atoms with Gasteiger partial charge in [-0.2, -0.15) is 4.73 Å². The summed E-state index contributed by atoms with van der Waals surface area (Å²) in [5.74, 6) is -2.94. The zero-order valence-corrected chi connectivity index (χ0v) is 34.6. The highest BCUT2D eigenvalue weighted by atomic mass is 35.5. The summed E-state index contributed by atoms with van der Waals surface area (Å²) in [7, 11) is 3.04. The van der Waals surface area contributed by atoms with Gasteiger partial charge in [0, 0.05) is 57.7 Å². The topological polar surface area (TPSA) is 171 Å². The fourth-order valence-electron chi connectivity index (χ4n) is 6.63. The zero-order chi connectivity index (χ0) is 41.3. The third kappa shape index (κ3) is 13.4. The van der Waals surface area contributed by atoms with E-state index in [1.807, 2.05) is 12.1 Å². The van der Waals surface area contributed by atoms with Crippen LogP contribution in [0.25, 0.3) is 0 Å². The molecule has 1 aromatic heterocycles. The van der Waals surface area contributed by atoms with E-state index < -0.39 is 58.6 Å². The lowest BCUT2D eigenvalue weighted by molar-refractivity contribution is -0.621. The number of hydrogen-bond donors (Lipinski definition) is 2. The number of ether oxygens (including phenoxy) is 3. The van der Waals surface area contributed by atoms with E-state index in [-0.39, 0.29) is 31.9 Å². The van der Waals surface area contributed by atoms with Gasteiger partial charge in [-0.25, -0.2) is 4.79 Å². The molecule has 4 atom stereocenters. The molecule has 0 bridgehead atoms. The van der Waals surface area contributed by atoms with Crippen LogP contribution < -0.4 is 15.4 Å². The number of aromatic nitrogens is 1. The first-order valence-electron chi connectivity index (χ1n) is 18.5. The monoisotopic (exact) mass is 787 g/mol. The van der Waals surface area contributed by atoms with E-state index in [0.717, 1.165) is 10.3 Å². The summed E-state index contributed by atoms with van der Waals surface area (Å²) in [5, 5.41) is 18.8. The molecular formula is C40H58ClN5O9. The molecule has 2 aromatic rings. The lowest BCUT2D eigenvalue weighted by Crippen LogP contribution is -2.65. The number of carbonyl (C=O) groups excluding carboxylic acids is 5. The zero-order valence-electron chi connectivity index (χ0n) is 33.8. The van der Waals surface area contributed by atoms with E-state index in [0.29, 0.717) is 42.2 Å². The van der Waals surface area contributed by atoms with Crippen LogP contribution in [0.4, 0.5) is 4.79 Å². The number of carbonyl (C=O) groups is 5. The van der Waals surface area contributed by atoms with Gasteiger partial charge in [-0.3, -0.25) is 19.2 Å². The van der Waals surface area contributed by atoms with Crippen molar-refractivity contribution in [1.29, 1.82) is 0 Å². The molecule has 1 aromatic carbocycles. The maximum Gasteiger partial charge on any atom is 0.408 e. The molecule has 1 saturated heterocycles. The Labute approximate surface area is 329 Å². The number of rotatable bonds is 14. The Kier molecular flexibility index (Phi) is 15.5. The second kappa shape index (κ2) is 18.9. The van der Waals surface area contributed by atoms with E-state index >= 15 is 0 Å². The standard InChI is InChI=1S/C40H58ClN5O9/c1-26-13-11-14-31(46(26)52)21-29(22-33(47)54-38(3,4)5)35(49)45-20-12-19-40(25-45,23-28-15-17-30(41)18-16-28)44(9)36(50)32(24-53-10)43-34(48)27(2)42-37(51)55-39(6,7)8/h11,13-18,27,29,32H,12,19-25H2,1-10H3,(H,42,51)(H,43,48)/t27-,29+,32-,40+/m0/s1. The highest BCUT2D eigenvalue weighted by molar-refractivity contribution is 6.30. The molecule has 15 heteroatoms. The smallest absolute Gasteiger partial charge is 0.408 e. The highest BCUT2D eigenvalue weighted by Crippen LogP contribution is 2.33. The molecule has 1 fully saturated rings. The molecule has 4 amide bonds. The van der Waals surface area contributed by atoms with Gasteiger partial charge < -0.3 is 39.9 Å². The second-order valence-corrected chi connectivity index (χ2v) is 16.8. The third-order valence-electron chi connectivity index (χ3n) is 9.28. The van der Waals surface area contributed by atoms with Gasteiger partial charge in [0.25, 0.3) is 0 Å². The Morgan fingerprint density at radius 1 is 1.00 bits per heavy atom. The number of nitrogens with zero attached hydrogens (tertiary/aromatic N) is 3. The summed E-state index contributed by atoms with van der Waals surface area (Å²) in [6, 6.07) is 10.1. The van der Waals surface area contributed by atoms with Crippen LogP contribution in [0.2, 0.25) is 5.02 Å². The molecular weight excluding hydrogens is 730 g/mol. The summed E-state index contributed by atoms with van der Waals surface area (Å²) in [6.07, 6.45) is 0.303. The van der Waals surface area contributed by atoms with Crippen LogP contribution in [0.15, 0.2) is 42.5 Å². The van der Waals surface area contributed by atoms with Crippen molar-refractivity contribution in [3.8, 4) is 0 Å². The highest BCUT2D eigenvalue weighted by Gasteiger charge is 2.46. The number of nitrogens with one attached hydrogen (secondary N) is 2. The number of hydrogen-bond acceptors (Lipinski definition) is 9. The molecule has 1 aliphatic heterocycles. The van der Waals surface area contributed by atoms with E-state index in [1.165, 1.54) is 14.0 Å². The SMILES string of the molecule is COC[C@H](NC(=O)[C@H](C)NC(=O)OC(C)(C)C)C(=O)N(C)[C@@]1(Cc2ccc(Cl)cc2)CCCN(C(=O)[C@@H](CC(=O)OC(C)(C)C)Cc2cccc(C)[n+]2[O-])C1. The summed E-state index contributed by atoms with van der Waals surface area (Å²) in [6.45, 7) is 13.8. The predicted molar refractivity (Wildman–Crippen MR) is 207 cm³/mol. The van der Waals surface area contributed by atoms with Gasteiger partial charge in [0.05, 0.1) is 24.5 Å². The fraction of sp³-hybridized carbons (Fsp3) is 0.600. The maximum atomic E-state index is 14.6. The van der Waals surface area contributed by atoms with Gasteiger partial charge >= 0.3 is 12.1 Å².